The Morgan fingerprint density at radius 3 is 2.41 bits per heavy atom. The lowest BCUT2D eigenvalue weighted by molar-refractivity contribution is -0.132. The van der Waals surface area contributed by atoms with Gasteiger partial charge >= 0.3 is 0 Å². The van der Waals surface area contributed by atoms with Gasteiger partial charge in [0.2, 0.25) is 11.8 Å². The summed E-state index contributed by atoms with van der Waals surface area (Å²) in [5.74, 6) is -1.03. The Morgan fingerprint density at radius 2 is 1.86 bits per heavy atom. The van der Waals surface area contributed by atoms with E-state index in [0.717, 1.165) is 6.07 Å². The molecule has 0 unspecified atom stereocenters. The zero-order valence-electron chi connectivity index (χ0n) is 13.0. The van der Waals surface area contributed by atoms with Crippen molar-refractivity contribution in [1.29, 1.82) is 0 Å². The van der Waals surface area contributed by atoms with Crippen molar-refractivity contribution in [3.8, 4) is 0 Å². The van der Waals surface area contributed by atoms with Gasteiger partial charge in [0, 0.05) is 18.1 Å². The Labute approximate surface area is 135 Å². The SMILES string of the molecule is CCN(CC)C(=O)CN(C)CC(=O)Nc1ccc(Cl)cc1F. The van der Waals surface area contributed by atoms with Crippen LogP contribution in [0.25, 0.3) is 0 Å². The van der Waals surface area contributed by atoms with Crippen molar-refractivity contribution in [2.45, 2.75) is 13.8 Å². The van der Waals surface area contributed by atoms with Crippen LogP contribution >= 0.6 is 11.6 Å². The molecule has 0 aromatic heterocycles. The maximum atomic E-state index is 13.6. The van der Waals surface area contributed by atoms with E-state index < -0.39 is 11.7 Å². The minimum atomic E-state index is -0.595. The molecule has 0 bridgehead atoms. The van der Waals surface area contributed by atoms with Crippen LogP contribution in [0, 0.1) is 5.82 Å². The van der Waals surface area contributed by atoms with E-state index in [9.17, 15) is 14.0 Å². The van der Waals surface area contributed by atoms with E-state index >= 15 is 0 Å². The van der Waals surface area contributed by atoms with Crippen molar-refractivity contribution in [1.82, 2.24) is 9.80 Å². The average molecular weight is 330 g/mol. The molecule has 0 aliphatic heterocycles. The van der Waals surface area contributed by atoms with Gasteiger partial charge in [-0.1, -0.05) is 11.6 Å². The number of hydrogen-bond donors (Lipinski definition) is 1. The van der Waals surface area contributed by atoms with E-state index in [0.29, 0.717) is 13.1 Å². The van der Waals surface area contributed by atoms with Gasteiger partial charge in [0.25, 0.3) is 0 Å². The van der Waals surface area contributed by atoms with Gasteiger partial charge in [0.05, 0.1) is 18.8 Å². The fourth-order valence-electron chi connectivity index (χ4n) is 1.99. The highest BCUT2D eigenvalue weighted by atomic mass is 35.5. The molecule has 0 saturated heterocycles. The van der Waals surface area contributed by atoms with Crippen LogP contribution in [0.4, 0.5) is 10.1 Å². The molecule has 0 saturated carbocycles. The van der Waals surface area contributed by atoms with Crippen molar-refractivity contribution in [2.24, 2.45) is 0 Å². The van der Waals surface area contributed by atoms with Crippen molar-refractivity contribution < 1.29 is 14.0 Å². The number of halogens is 2. The van der Waals surface area contributed by atoms with Gasteiger partial charge in [-0.25, -0.2) is 4.39 Å². The first-order valence-corrected chi connectivity index (χ1v) is 7.46. The number of nitrogens with zero attached hydrogens (tertiary/aromatic N) is 2. The summed E-state index contributed by atoms with van der Waals surface area (Å²) >= 11 is 5.65. The van der Waals surface area contributed by atoms with Gasteiger partial charge in [-0.05, 0) is 39.1 Å². The van der Waals surface area contributed by atoms with E-state index in [2.05, 4.69) is 5.32 Å². The van der Waals surface area contributed by atoms with Gasteiger partial charge in [-0.2, -0.15) is 0 Å². The van der Waals surface area contributed by atoms with E-state index in [1.54, 1.807) is 16.8 Å². The van der Waals surface area contributed by atoms with Crippen molar-refractivity contribution in [3.05, 3.63) is 29.0 Å². The molecule has 22 heavy (non-hydrogen) atoms. The second kappa shape index (κ2) is 8.70. The zero-order chi connectivity index (χ0) is 16.7. The van der Waals surface area contributed by atoms with Crippen LogP contribution in [-0.4, -0.2) is 54.8 Å². The summed E-state index contributed by atoms with van der Waals surface area (Å²) < 4.78 is 13.6. The van der Waals surface area contributed by atoms with E-state index in [1.807, 2.05) is 13.8 Å². The van der Waals surface area contributed by atoms with Gasteiger partial charge in [-0.3, -0.25) is 14.5 Å². The number of likely N-dealkylation sites (N-methyl/N-ethyl adjacent to an activating group) is 2. The minimum absolute atomic E-state index is 0.00489. The summed E-state index contributed by atoms with van der Waals surface area (Å²) in [5.41, 5.74) is 0.0675. The predicted octanol–water partition coefficient (Wildman–Crippen LogP) is 2.22. The molecule has 0 aliphatic rings. The van der Waals surface area contributed by atoms with Gasteiger partial charge < -0.3 is 10.2 Å². The molecule has 1 aromatic carbocycles. The monoisotopic (exact) mass is 329 g/mol. The molecule has 2 amide bonds. The van der Waals surface area contributed by atoms with Gasteiger partial charge in [0.1, 0.15) is 5.82 Å². The number of hydrogen-bond acceptors (Lipinski definition) is 3. The third kappa shape index (κ3) is 5.61. The van der Waals surface area contributed by atoms with Crippen LogP contribution in [0.5, 0.6) is 0 Å². The first kappa shape index (κ1) is 18.4. The molecule has 1 aromatic rings. The number of carbonyl (C=O) groups excluding carboxylic acids is 2. The fraction of sp³-hybridized carbons (Fsp3) is 0.467. The van der Waals surface area contributed by atoms with Crippen molar-refractivity contribution in [2.75, 3.05) is 38.5 Å². The largest absolute Gasteiger partial charge is 0.342 e. The lowest BCUT2D eigenvalue weighted by Crippen LogP contribution is -2.41. The molecule has 0 fully saturated rings. The van der Waals surface area contributed by atoms with Gasteiger partial charge in [-0.15, -0.1) is 0 Å². The molecule has 1 rings (SSSR count). The molecule has 0 atom stereocenters. The molecule has 7 heteroatoms. The maximum Gasteiger partial charge on any atom is 0.238 e. The predicted molar refractivity (Wildman–Crippen MR) is 85.5 cm³/mol. The Bertz CT molecular complexity index is 536. The highest BCUT2D eigenvalue weighted by Crippen LogP contribution is 2.18. The van der Waals surface area contributed by atoms with Gasteiger partial charge in [0.15, 0.2) is 0 Å². The quantitative estimate of drug-likeness (QED) is 0.834. The number of carbonyl (C=O) groups is 2. The molecule has 0 heterocycles. The summed E-state index contributed by atoms with van der Waals surface area (Å²) in [6.45, 7) is 5.19. The molecule has 5 nitrogen and oxygen atoms in total. The molecule has 122 valence electrons. The molecule has 0 radical (unpaired) electrons. The average Bonchev–Trinajstić information content (AvgIpc) is 2.43. The van der Waals surface area contributed by atoms with E-state index in [-0.39, 0.29) is 29.7 Å². The molecule has 0 spiro atoms. The third-order valence-electron chi connectivity index (χ3n) is 3.14. The Kier molecular flexibility index (Phi) is 7.27. The highest BCUT2D eigenvalue weighted by molar-refractivity contribution is 6.30. The Hall–Kier alpha value is -1.66. The molecular weight excluding hydrogens is 309 g/mol. The minimum Gasteiger partial charge on any atom is -0.342 e. The zero-order valence-corrected chi connectivity index (χ0v) is 13.8. The number of anilines is 1. The normalized spacial score (nSPS) is 10.6. The second-order valence-electron chi connectivity index (χ2n) is 4.91. The van der Waals surface area contributed by atoms with Crippen LogP contribution < -0.4 is 5.32 Å². The standard InChI is InChI=1S/C15H21ClFN3O2/c1-4-20(5-2)15(22)10-19(3)9-14(21)18-13-7-6-11(16)8-12(13)17/h6-8H,4-5,9-10H2,1-3H3,(H,18,21). The number of benzene rings is 1. The summed E-state index contributed by atoms with van der Waals surface area (Å²) in [4.78, 5) is 27.1. The lowest BCUT2D eigenvalue weighted by Gasteiger charge is -2.22. The first-order valence-electron chi connectivity index (χ1n) is 7.08. The summed E-state index contributed by atoms with van der Waals surface area (Å²) in [6, 6.07) is 4.02. The summed E-state index contributed by atoms with van der Waals surface area (Å²) in [7, 11) is 1.67. The smallest absolute Gasteiger partial charge is 0.238 e. The second-order valence-corrected chi connectivity index (χ2v) is 5.35. The van der Waals surface area contributed by atoms with Crippen molar-refractivity contribution >= 4 is 29.1 Å². The van der Waals surface area contributed by atoms with Crippen LogP contribution in [0.3, 0.4) is 0 Å². The topological polar surface area (TPSA) is 52.7 Å². The van der Waals surface area contributed by atoms with Crippen LogP contribution in [0.2, 0.25) is 5.02 Å². The Balaban J connectivity index is 2.52. The molecular formula is C15H21ClFN3O2. The summed E-state index contributed by atoms with van der Waals surface area (Å²) in [6.07, 6.45) is 0. The van der Waals surface area contributed by atoms with E-state index in [1.165, 1.54) is 12.1 Å². The van der Waals surface area contributed by atoms with Crippen molar-refractivity contribution in [3.63, 3.8) is 0 Å². The highest BCUT2D eigenvalue weighted by Gasteiger charge is 2.15. The molecule has 0 aliphatic carbocycles. The number of rotatable bonds is 7. The van der Waals surface area contributed by atoms with Crippen LogP contribution in [0.15, 0.2) is 18.2 Å². The number of nitrogens with one attached hydrogen (secondary N) is 1. The molecule has 1 N–H and O–H groups in total. The fourth-order valence-corrected chi connectivity index (χ4v) is 2.15. The number of amides is 2. The summed E-state index contributed by atoms with van der Waals surface area (Å²) in [5, 5.41) is 2.72. The van der Waals surface area contributed by atoms with E-state index in [4.69, 9.17) is 11.6 Å². The lowest BCUT2D eigenvalue weighted by atomic mass is 10.3. The third-order valence-corrected chi connectivity index (χ3v) is 3.38. The van der Waals surface area contributed by atoms with Crippen LogP contribution in [0.1, 0.15) is 13.8 Å². The Morgan fingerprint density at radius 1 is 1.23 bits per heavy atom. The van der Waals surface area contributed by atoms with Crippen LogP contribution in [-0.2, 0) is 9.59 Å². The first-order chi connectivity index (χ1) is 10.4. The maximum absolute atomic E-state index is 13.6.